The second kappa shape index (κ2) is 8.37. The first-order chi connectivity index (χ1) is 9.45. The van der Waals surface area contributed by atoms with E-state index >= 15 is 0 Å². The first kappa shape index (κ1) is 17.1. The smallest absolute Gasteiger partial charge is 0.144 e. The summed E-state index contributed by atoms with van der Waals surface area (Å²) in [5, 5.41) is 0.810. The van der Waals surface area contributed by atoms with Crippen molar-refractivity contribution in [3.63, 3.8) is 0 Å². The molecule has 1 unspecified atom stereocenters. The molecule has 5 heteroatoms. The normalized spacial score (nSPS) is 14.0. The summed E-state index contributed by atoms with van der Waals surface area (Å²) in [6.07, 6.45) is 5.53. The van der Waals surface area contributed by atoms with Crippen molar-refractivity contribution in [2.45, 2.75) is 25.5 Å². The molecule has 0 aliphatic rings. The lowest BCUT2D eigenvalue weighted by Crippen LogP contribution is -2.19. The summed E-state index contributed by atoms with van der Waals surface area (Å²) in [5.74, 6) is 0.737. The highest BCUT2D eigenvalue weighted by Gasteiger charge is 2.18. The minimum Gasteiger partial charge on any atom is -0.489 e. The number of ether oxygens (including phenoxy) is 1. The molecule has 1 rings (SSSR count). The topological polar surface area (TPSA) is 38.7 Å². The van der Waals surface area contributed by atoms with Crippen LogP contribution in [0.1, 0.15) is 26.3 Å². The summed E-state index contributed by atoms with van der Waals surface area (Å²) < 4.78 is 21.3. The third kappa shape index (κ3) is 6.01. The Balaban J connectivity index is 2.78. The van der Waals surface area contributed by atoms with Crippen molar-refractivity contribution in [1.29, 1.82) is 0 Å². The molecule has 0 saturated carbocycles. The van der Waals surface area contributed by atoms with E-state index in [0.29, 0.717) is 6.61 Å². The van der Waals surface area contributed by atoms with Gasteiger partial charge in [0, 0.05) is 17.1 Å². The van der Waals surface area contributed by atoms with Crippen molar-refractivity contribution in [1.82, 2.24) is 0 Å². The molecular formula is C15H20BrNO2S. The summed E-state index contributed by atoms with van der Waals surface area (Å²) in [7, 11) is -1.26. The Labute approximate surface area is 131 Å². The predicted octanol–water partition coefficient (Wildman–Crippen LogP) is 3.90. The fraction of sp³-hybridized carbons (Fsp3) is 0.400. The van der Waals surface area contributed by atoms with Crippen molar-refractivity contribution in [2.75, 3.05) is 11.9 Å². The highest BCUT2D eigenvalue weighted by Crippen LogP contribution is 2.17. The van der Waals surface area contributed by atoms with E-state index in [-0.39, 0.29) is 4.75 Å². The molecule has 1 atom stereocenters. The van der Waals surface area contributed by atoms with Crippen molar-refractivity contribution in [3.8, 4) is 5.75 Å². The number of para-hydroxylation sites is 1. The van der Waals surface area contributed by atoms with Gasteiger partial charge in [-0.3, -0.25) is 0 Å². The number of hydrogen-bond donors (Lipinski definition) is 0. The Bertz CT molecular complexity index is 507. The van der Waals surface area contributed by atoms with Gasteiger partial charge in [0.25, 0.3) is 0 Å². The van der Waals surface area contributed by atoms with Crippen LogP contribution in [0.4, 0.5) is 0 Å². The van der Waals surface area contributed by atoms with Gasteiger partial charge in [0.2, 0.25) is 0 Å². The van der Waals surface area contributed by atoms with E-state index in [2.05, 4.69) is 20.3 Å². The summed E-state index contributed by atoms with van der Waals surface area (Å²) >= 11 is 3.31. The molecule has 0 fully saturated rings. The molecule has 0 N–H and O–H groups in total. The molecule has 0 heterocycles. The van der Waals surface area contributed by atoms with Gasteiger partial charge in [-0.1, -0.05) is 40.2 Å². The lowest BCUT2D eigenvalue weighted by molar-refractivity contribution is 0.362. The molecule has 0 aromatic heterocycles. The molecule has 110 valence electrons. The first-order valence-electron chi connectivity index (χ1n) is 6.34. The van der Waals surface area contributed by atoms with Crippen LogP contribution in [0.2, 0.25) is 0 Å². The fourth-order valence-corrected chi connectivity index (χ4v) is 2.04. The van der Waals surface area contributed by atoms with Gasteiger partial charge in [-0.15, -0.1) is 0 Å². The molecule has 1 aromatic rings. The molecule has 0 aliphatic carbocycles. The average Bonchev–Trinajstić information content (AvgIpc) is 2.41. The van der Waals surface area contributed by atoms with E-state index in [1.807, 2.05) is 57.2 Å². The second-order valence-electron chi connectivity index (χ2n) is 5.07. The minimum atomic E-state index is -1.26. The average molecular weight is 358 g/mol. The number of halogens is 1. The summed E-state index contributed by atoms with van der Waals surface area (Å²) in [6.45, 7) is 6.19. The van der Waals surface area contributed by atoms with Crippen molar-refractivity contribution in [2.24, 2.45) is 4.40 Å². The van der Waals surface area contributed by atoms with Gasteiger partial charge in [-0.25, -0.2) is 4.21 Å². The standard InChI is InChI=1S/C15H20BrNO2S/c1-15(2,3)20(18)17-12-13-8-4-5-9-14(13)19-11-7-6-10-16/h4-9,12H,10-11H2,1-3H3/b7-6+,17-12+. The van der Waals surface area contributed by atoms with Crippen LogP contribution in [0.5, 0.6) is 5.75 Å². The lowest BCUT2D eigenvalue weighted by Gasteiger charge is -2.13. The molecule has 0 spiro atoms. The highest BCUT2D eigenvalue weighted by atomic mass is 79.9. The Morgan fingerprint density at radius 2 is 2.00 bits per heavy atom. The number of hydrogen-bond acceptors (Lipinski definition) is 2. The van der Waals surface area contributed by atoms with E-state index in [9.17, 15) is 4.21 Å². The number of nitrogens with zero attached hydrogens (tertiary/aromatic N) is 1. The molecule has 0 saturated heterocycles. The van der Waals surface area contributed by atoms with Crippen LogP contribution >= 0.6 is 15.9 Å². The molecule has 0 bridgehead atoms. The predicted molar refractivity (Wildman–Crippen MR) is 90.4 cm³/mol. The lowest BCUT2D eigenvalue weighted by atomic mass is 10.2. The third-order valence-electron chi connectivity index (χ3n) is 2.32. The minimum absolute atomic E-state index is 0.356. The van der Waals surface area contributed by atoms with Gasteiger partial charge in [0.15, 0.2) is 0 Å². The maximum absolute atomic E-state index is 11.9. The van der Waals surface area contributed by atoms with Gasteiger partial charge in [-0.05, 0) is 32.9 Å². The Morgan fingerprint density at radius 3 is 2.65 bits per heavy atom. The summed E-state index contributed by atoms with van der Waals surface area (Å²) in [4.78, 5) is 0. The van der Waals surface area contributed by atoms with E-state index in [1.165, 1.54) is 0 Å². The molecule has 20 heavy (non-hydrogen) atoms. The summed E-state index contributed by atoms with van der Waals surface area (Å²) in [5.41, 5.74) is 0.831. The zero-order valence-corrected chi connectivity index (χ0v) is 14.4. The monoisotopic (exact) mass is 357 g/mol. The van der Waals surface area contributed by atoms with Gasteiger partial charge in [-0.2, -0.15) is 4.40 Å². The van der Waals surface area contributed by atoms with Gasteiger partial charge < -0.3 is 4.74 Å². The van der Waals surface area contributed by atoms with Crippen molar-refractivity contribution < 1.29 is 8.95 Å². The van der Waals surface area contributed by atoms with Crippen LogP contribution in [-0.2, 0) is 11.0 Å². The Hall–Kier alpha value is -0.940. The van der Waals surface area contributed by atoms with Crippen molar-refractivity contribution in [3.05, 3.63) is 42.0 Å². The SMILES string of the molecule is CC(C)(C)S(=O)/N=C/c1ccccc1OC/C=C/CBr. The maximum atomic E-state index is 11.9. The van der Waals surface area contributed by atoms with E-state index in [4.69, 9.17) is 4.74 Å². The molecular weight excluding hydrogens is 338 g/mol. The molecule has 0 radical (unpaired) electrons. The fourth-order valence-electron chi connectivity index (χ4n) is 1.25. The van der Waals surface area contributed by atoms with Crippen LogP contribution in [0, 0.1) is 0 Å². The zero-order chi connectivity index (χ0) is 15.0. The molecule has 0 aliphatic heterocycles. The van der Waals surface area contributed by atoms with Gasteiger partial charge >= 0.3 is 0 Å². The number of alkyl halides is 1. The molecule has 0 amide bonds. The van der Waals surface area contributed by atoms with Crippen LogP contribution in [0.25, 0.3) is 0 Å². The van der Waals surface area contributed by atoms with Crippen LogP contribution in [-0.4, -0.2) is 27.1 Å². The van der Waals surface area contributed by atoms with Crippen LogP contribution in [0.3, 0.4) is 0 Å². The van der Waals surface area contributed by atoms with Crippen LogP contribution in [0.15, 0.2) is 40.8 Å². The van der Waals surface area contributed by atoms with Gasteiger partial charge in [0.1, 0.15) is 23.3 Å². The molecule has 1 aromatic carbocycles. The van der Waals surface area contributed by atoms with E-state index in [0.717, 1.165) is 16.6 Å². The van der Waals surface area contributed by atoms with E-state index in [1.54, 1.807) is 6.21 Å². The first-order valence-corrected chi connectivity index (χ1v) is 8.57. The van der Waals surface area contributed by atoms with Crippen molar-refractivity contribution >= 4 is 33.1 Å². The van der Waals surface area contributed by atoms with E-state index < -0.39 is 11.0 Å². The number of rotatable bonds is 6. The zero-order valence-electron chi connectivity index (χ0n) is 12.0. The number of allylic oxidation sites excluding steroid dienone is 1. The molecule has 3 nitrogen and oxygen atoms in total. The quantitative estimate of drug-likeness (QED) is 0.440. The number of benzene rings is 1. The third-order valence-corrected chi connectivity index (χ3v) is 4.04. The Morgan fingerprint density at radius 1 is 1.30 bits per heavy atom. The second-order valence-corrected chi connectivity index (χ2v) is 7.65. The van der Waals surface area contributed by atoms with Crippen LogP contribution < -0.4 is 4.74 Å². The maximum Gasteiger partial charge on any atom is 0.144 e. The highest BCUT2D eigenvalue weighted by molar-refractivity contribution is 9.09. The Kier molecular flexibility index (Phi) is 7.16. The summed E-state index contributed by atoms with van der Waals surface area (Å²) in [6, 6.07) is 7.58. The largest absolute Gasteiger partial charge is 0.489 e. The van der Waals surface area contributed by atoms with Gasteiger partial charge in [0.05, 0.1) is 4.75 Å².